The number of ether oxygens (including phenoxy) is 1. The van der Waals surface area contributed by atoms with Crippen molar-refractivity contribution in [3.63, 3.8) is 0 Å². The predicted octanol–water partition coefficient (Wildman–Crippen LogP) is 7.31. The number of carbonyl (C=O) groups excluding carboxylic acids is 3. The van der Waals surface area contributed by atoms with Crippen molar-refractivity contribution < 1.29 is 34.1 Å². The lowest BCUT2D eigenvalue weighted by atomic mass is 10.0. The Bertz CT molecular complexity index is 828. The molecule has 260 valence electrons. The van der Waals surface area contributed by atoms with E-state index >= 15 is 0 Å². The second-order valence-electron chi connectivity index (χ2n) is 12.0. The van der Waals surface area contributed by atoms with Crippen LogP contribution in [-0.4, -0.2) is 59.3 Å². The van der Waals surface area contributed by atoms with E-state index in [0.717, 1.165) is 77.0 Å². The molecule has 9 nitrogen and oxygen atoms in total. The molecule has 9 heteroatoms. The van der Waals surface area contributed by atoms with E-state index in [9.17, 15) is 19.2 Å². The van der Waals surface area contributed by atoms with Crippen molar-refractivity contribution in [1.82, 2.24) is 10.6 Å². The van der Waals surface area contributed by atoms with Gasteiger partial charge in [0.1, 0.15) is 12.1 Å². The average Bonchev–Trinajstić information content (AvgIpc) is 3.02. The lowest BCUT2D eigenvalue weighted by molar-refractivity contribution is -0.150. The van der Waals surface area contributed by atoms with E-state index in [-0.39, 0.29) is 30.9 Å². The zero-order chi connectivity index (χ0) is 33.4. The smallest absolute Gasteiger partial charge is 0.328 e. The van der Waals surface area contributed by atoms with Gasteiger partial charge in [-0.15, -0.1) is 0 Å². The minimum atomic E-state index is -1.38. The van der Waals surface area contributed by atoms with E-state index in [1.807, 2.05) is 0 Å². The Hall–Kier alpha value is -2.68. The number of unbranched alkanes of at least 4 members (excludes halogenated alkanes) is 13. The Labute approximate surface area is 273 Å². The van der Waals surface area contributed by atoms with Crippen LogP contribution in [0.25, 0.3) is 0 Å². The molecule has 0 aromatic heterocycles. The van der Waals surface area contributed by atoms with Gasteiger partial charge >= 0.3 is 11.9 Å². The lowest BCUT2D eigenvalue weighted by Gasteiger charge is -2.18. The van der Waals surface area contributed by atoms with Crippen LogP contribution < -0.4 is 10.6 Å². The van der Waals surface area contributed by atoms with Gasteiger partial charge in [-0.25, -0.2) is 4.79 Å². The molecule has 4 N–H and O–H groups in total. The summed E-state index contributed by atoms with van der Waals surface area (Å²) in [6.45, 7) is 3.35. The summed E-state index contributed by atoms with van der Waals surface area (Å²) in [4.78, 5) is 47.1. The van der Waals surface area contributed by atoms with Crippen LogP contribution in [0.15, 0.2) is 24.3 Å². The molecule has 0 aromatic rings. The van der Waals surface area contributed by atoms with Crippen molar-refractivity contribution in [2.75, 3.05) is 13.2 Å². The first-order chi connectivity index (χ1) is 21.8. The molecule has 0 fully saturated rings. The van der Waals surface area contributed by atoms with Gasteiger partial charge in [0, 0.05) is 12.8 Å². The van der Waals surface area contributed by atoms with E-state index in [4.69, 9.17) is 14.9 Å². The monoisotopic (exact) mass is 636 g/mol. The highest BCUT2D eigenvalue weighted by molar-refractivity contribution is 5.87. The number of carboxylic acid groups (broad SMARTS) is 1. The summed E-state index contributed by atoms with van der Waals surface area (Å²) in [5.74, 6) is -2.36. The summed E-state index contributed by atoms with van der Waals surface area (Å²) >= 11 is 0. The van der Waals surface area contributed by atoms with Crippen LogP contribution in [0, 0.1) is 0 Å². The van der Waals surface area contributed by atoms with Gasteiger partial charge in [-0.2, -0.15) is 0 Å². The molecule has 0 aliphatic carbocycles. The number of aliphatic hydroxyl groups excluding tert-OH is 1. The maximum absolute atomic E-state index is 12.5. The fraction of sp³-hybridized carbons (Fsp3) is 0.778. The topological polar surface area (TPSA) is 142 Å². The number of nitrogens with one attached hydrogen (secondary N) is 2. The molecule has 0 aliphatic heterocycles. The zero-order valence-corrected chi connectivity index (χ0v) is 28.4. The SMILES string of the molecule is CCCC/C=C\C/C=C\CCCCCCCC(=O)OC(CCCCCC)CCCCCCC(=O)NCC(=O)NC(CO)C(=O)O. The molecule has 0 bridgehead atoms. The highest BCUT2D eigenvalue weighted by Crippen LogP contribution is 2.17. The van der Waals surface area contributed by atoms with Gasteiger partial charge in [0.05, 0.1) is 13.2 Å². The molecule has 0 rings (SSSR count). The summed E-state index contributed by atoms with van der Waals surface area (Å²) in [6.07, 6.45) is 30.8. The van der Waals surface area contributed by atoms with Crippen molar-refractivity contribution in [1.29, 1.82) is 0 Å². The Morgan fingerprint density at radius 1 is 0.667 bits per heavy atom. The maximum atomic E-state index is 12.5. The third kappa shape index (κ3) is 28.5. The maximum Gasteiger partial charge on any atom is 0.328 e. The molecular formula is C36H64N2O7. The molecule has 0 spiro atoms. The molecule has 0 aromatic carbocycles. The number of amides is 2. The second kappa shape index (κ2) is 31.3. The molecule has 0 saturated heterocycles. The summed E-state index contributed by atoms with van der Waals surface area (Å²) in [6, 6.07) is -1.38. The number of aliphatic hydroxyl groups is 1. The first kappa shape index (κ1) is 42.3. The van der Waals surface area contributed by atoms with Crippen LogP contribution in [-0.2, 0) is 23.9 Å². The number of rotatable bonds is 31. The van der Waals surface area contributed by atoms with Crippen molar-refractivity contribution in [2.45, 2.75) is 167 Å². The van der Waals surface area contributed by atoms with Crippen LogP contribution in [0.5, 0.6) is 0 Å². The van der Waals surface area contributed by atoms with Gasteiger partial charge in [-0.1, -0.05) is 102 Å². The Morgan fingerprint density at radius 2 is 1.22 bits per heavy atom. The predicted molar refractivity (Wildman–Crippen MR) is 181 cm³/mol. The zero-order valence-electron chi connectivity index (χ0n) is 28.4. The minimum Gasteiger partial charge on any atom is -0.480 e. The third-order valence-corrected chi connectivity index (χ3v) is 7.70. The van der Waals surface area contributed by atoms with Crippen molar-refractivity contribution >= 4 is 23.8 Å². The molecule has 0 radical (unpaired) electrons. The largest absolute Gasteiger partial charge is 0.480 e. The molecule has 0 heterocycles. The summed E-state index contributed by atoms with van der Waals surface area (Å²) in [5, 5.41) is 22.4. The van der Waals surface area contributed by atoms with Crippen molar-refractivity contribution in [2.24, 2.45) is 0 Å². The average molecular weight is 637 g/mol. The molecule has 2 atom stereocenters. The first-order valence-electron chi connectivity index (χ1n) is 17.7. The quantitative estimate of drug-likeness (QED) is 0.0355. The number of allylic oxidation sites excluding steroid dienone is 4. The molecule has 2 unspecified atom stereocenters. The van der Waals surface area contributed by atoms with Crippen molar-refractivity contribution in [3.05, 3.63) is 24.3 Å². The molecule has 45 heavy (non-hydrogen) atoms. The first-order valence-corrected chi connectivity index (χ1v) is 17.7. The van der Waals surface area contributed by atoms with Crippen LogP contribution >= 0.6 is 0 Å². The Morgan fingerprint density at radius 3 is 1.84 bits per heavy atom. The highest BCUT2D eigenvalue weighted by Gasteiger charge is 2.19. The van der Waals surface area contributed by atoms with Gasteiger partial charge in [0.15, 0.2) is 0 Å². The number of hydrogen-bond donors (Lipinski definition) is 4. The summed E-state index contributed by atoms with van der Waals surface area (Å²) in [5.41, 5.74) is 0. The van der Waals surface area contributed by atoms with Gasteiger partial charge in [0.2, 0.25) is 11.8 Å². The summed E-state index contributed by atoms with van der Waals surface area (Å²) < 4.78 is 5.89. The number of esters is 1. The second-order valence-corrected chi connectivity index (χ2v) is 12.0. The van der Waals surface area contributed by atoms with Gasteiger partial charge in [-0.3, -0.25) is 14.4 Å². The van der Waals surface area contributed by atoms with E-state index in [1.165, 1.54) is 44.9 Å². The molecule has 2 amide bonds. The normalized spacial score (nSPS) is 12.8. The van der Waals surface area contributed by atoms with E-state index in [1.54, 1.807) is 0 Å². The summed E-state index contributed by atoms with van der Waals surface area (Å²) in [7, 11) is 0. The van der Waals surface area contributed by atoms with Gasteiger partial charge < -0.3 is 25.6 Å². The van der Waals surface area contributed by atoms with E-state index < -0.39 is 24.5 Å². The minimum absolute atomic E-state index is 0.0435. The van der Waals surface area contributed by atoms with Gasteiger partial charge in [-0.05, 0) is 64.2 Å². The van der Waals surface area contributed by atoms with Crippen LogP contribution in [0.3, 0.4) is 0 Å². The van der Waals surface area contributed by atoms with E-state index in [0.29, 0.717) is 12.8 Å². The van der Waals surface area contributed by atoms with Crippen LogP contribution in [0.4, 0.5) is 0 Å². The number of aliphatic carboxylic acids is 1. The fourth-order valence-electron chi connectivity index (χ4n) is 4.91. The highest BCUT2D eigenvalue weighted by atomic mass is 16.5. The van der Waals surface area contributed by atoms with Crippen LogP contribution in [0.1, 0.15) is 155 Å². The molecule has 0 aliphatic rings. The number of hydrogen-bond acceptors (Lipinski definition) is 6. The Kier molecular flexibility index (Phi) is 29.4. The lowest BCUT2D eigenvalue weighted by Crippen LogP contribution is -2.47. The molecular weight excluding hydrogens is 572 g/mol. The third-order valence-electron chi connectivity index (χ3n) is 7.70. The standard InChI is InChI=1S/C36H64N2O7/c1-3-5-7-9-10-11-12-13-14-15-16-17-18-24-28-35(42)45-31(25-21-8-6-4-2)26-22-19-20-23-27-33(40)37-29-34(41)38-32(30-39)36(43)44/h9-10,12-13,31-32,39H,3-8,11,14-30H2,1-2H3,(H,37,40)(H,38,41)(H,43,44)/b10-9-,13-12-. The Balaban J connectivity index is 4.09. The number of carbonyl (C=O) groups is 4. The van der Waals surface area contributed by atoms with Gasteiger partial charge in [0.25, 0.3) is 0 Å². The van der Waals surface area contributed by atoms with Crippen molar-refractivity contribution in [3.8, 4) is 0 Å². The fourth-order valence-corrected chi connectivity index (χ4v) is 4.91. The van der Waals surface area contributed by atoms with E-state index in [2.05, 4.69) is 48.8 Å². The number of carboxylic acids is 1. The van der Waals surface area contributed by atoms with Crippen LogP contribution in [0.2, 0.25) is 0 Å². The molecule has 0 saturated carbocycles.